The Morgan fingerprint density at radius 3 is 2.29 bits per heavy atom. The molecule has 0 aliphatic heterocycles. The number of anilines is 2. The minimum Gasteiger partial charge on any atom is -0.356 e. The van der Waals surface area contributed by atoms with Gasteiger partial charge in [0.05, 0.1) is 0 Å². The largest absolute Gasteiger partial charge is 0.356 e. The van der Waals surface area contributed by atoms with E-state index in [4.69, 9.17) is 0 Å². The van der Waals surface area contributed by atoms with Crippen LogP contribution in [-0.2, 0) is 0 Å². The molecule has 1 aromatic carbocycles. The average Bonchev–Trinajstić information content (AvgIpc) is 2.51. The van der Waals surface area contributed by atoms with Crippen LogP contribution in [0.5, 0.6) is 0 Å². The highest BCUT2D eigenvalue weighted by Gasteiger charge is 2.08. The fourth-order valence-corrected chi connectivity index (χ4v) is 2.16. The van der Waals surface area contributed by atoms with Crippen LogP contribution >= 0.6 is 15.9 Å². The molecule has 110 valence electrons. The van der Waals surface area contributed by atoms with Gasteiger partial charge >= 0.3 is 0 Å². The van der Waals surface area contributed by atoms with Gasteiger partial charge in [-0.3, -0.25) is 4.79 Å². The summed E-state index contributed by atoms with van der Waals surface area (Å²) in [6.45, 7) is 5.87. The molecule has 0 aliphatic rings. The van der Waals surface area contributed by atoms with E-state index in [2.05, 4.69) is 50.2 Å². The minimum atomic E-state index is -0.201. The van der Waals surface area contributed by atoms with Crippen molar-refractivity contribution in [3.05, 3.63) is 46.4 Å². The van der Waals surface area contributed by atoms with Crippen molar-refractivity contribution in [1.82, 2.24) is 10.2 Å². The van der Waals surface area contributed by atoms with Crippen molar-refractivity contribution in [3.8, 4) is 0 Å². The molecule has 21 heavy (non-hydrogen) atoms. The van der Waals surface area contributed by atoms with Gasteiger partial charge in [-0.1, -0.05) is 15.9 Å². The Kier molecular flexibility index (Phi) is 5.27. The van der Waals surface area contributed by atoms with Gasteiger partial charge in [0.25, 0.3) is 5.91 Å². The summed E-state index contributed by atoms with van der Waals surface area (Å²) in [5.74, 6) is 1.05. The summed E-state index contributed by atoms with van der Waals surface area (Å²) >= 11 is 3.34. The molecule has 0 bridgehead atoms. The maximum absolute atomic E-state index is 12.1. The first-order chi connectivity index (χ1) is 10.1. The van der Waals surface area contributed by atoms with Gasteiger partial charge < -0.3 is 10.2 Å². The first-order valence-electron chi connectivity index (χ1n) is 6.79. The molecule has 5 nitrogen and oxygen atoms in total. The van der Waals surface area contributed by atoms with Crippen LogP contribution < -0.4 is 10.2 Å². The Morgan fingerprint density at radius 2 is 1.76 bits per heavy atom. The van der Waals surface area contributed by atoms with Gasteiger partial charge in [-0.05, 0) is 50.2 Å². The Balaban J connectivity index is 2.06. The van der Waals surface area contributed by atoms with Crippen molar-refractivity contribution in [2.24, 2.45) is 0 Å². The Labute approximate surface area is 132 Å². The number of hydrogen-bond acceptors (Lipinski definition) is 4. The maximum Gasteiger partial charge on any atom is 0.256 e. The highest BCUT2D eigenvalue weighted by atomic mass is 79.9. The molecule has 2 rings (SSSR count). The van der Waals surface area contributed by atoms with Crippen LogP contribution in [0.1, 0.15) is 24.2 Å². The fraction of sp³-hybridized carbons (Fsp3) is 0.267. The van der Waals surface area contributed by atoms with Crippen molar-refractivity contribution in [2.75, 3.05) is 23.3 Å². The van der Waals surface area contributed by atoms with E-state index in [0.717, 1.165) is 23.4 Å². The van der Waals surface area contributed by atoms with E-state index in [9.17, 15) is 4.79 Å². The van der Waals surface area contributed by atoms with Crippen molar-refractivity contribution >= 4 is 33.5 Å². The second-order valence-electron chi connectivity index (χ2n) is 4.41. The molecule has 1 N–H and O–H groups in total. The molecule has 0 spiro atoms. The molecule has 6 heteroatoms. The second-order valence-corrected chi connectivity index (χ2v) is 5.33. The van der Waals surface area contributed by atoms with Gasteiger partial charge in [0.15, 0.2) is 11.6 Å². The quantitative estimate of drug-likeness (QED) is 0.900. The molecule has 1 heterocycles. The second kappa shape index (κ2) is 7.17. The maximum atomic E-state index is 12.1. The van der Waals surface area contributed by atoms with E-state index < -0.39 is 0 Å². The molecule has 2 aromatic rings. The lowest BCUT2D eigenvalue weighted by Crippen LogP contribution is -2.23. The van der Waals surface area contributed by atoms with E-state index in [0.29, 0.717) is 11.4 Å². The monoisotopic (exact) mass is 348 g/mol. The predicted octanol–water partition coefficient (Wildman–Crippen LogP) is 3.34. The zero-order valence-electron chi connectivity index (χ0n) is 12.0. The number of carbonyl (C=O) groups is 1. The smallest absolute Gasteiger partial charge is 0.256 e. The lowest BCUT2D eigenvalue weighted by Gasteiger charge is -2.18. The zero-order valence-corrected chi connectivity index (χ0v) is 13.6. The Hall–Kier alpha value is -1.95. The van der Waals surface area contributed by atoms with E-state index in [1.807, 2.05) is 18.2 Å². The number of aromatic nitrogens is 2. The van der Waals surface area contributed by atoms with Crippen LogP contribution in [0.25, 0.3) is 0 Å². The van der Waals surface area contributed by atoms with Gasteiger partial charge in [-0.15, -0.1) is 10.2 Å². The van der Waals surface area contributed by atoms with Gasteiger partial charge in [-0.25, -0.2) is 0 Å². The first kappa shape index (κ1) is 15.4. The molecule has 1 aromatic heterocycles. The van der Waals surface area contributed by atoms with E-state index in [1.165, 1.54) is 0 Å². The molecule has 0 saturated carbocycles. The number of nitrogens with zero attached hydrogens (tertiary/aromatic N) is 3. The molecule has 0 aliphatic carbocycles. The van der Waals surface area contributed by atoms with Crippen LogP contribution in [-0.4, -0.2) is 29.2 Å². The standard InChI is InChI=1S/C15H17BrN4O/c1-3-20(4-2)14-10-9-13(18-19-14)17-15(21)11-5-7-12(16)8-6-11/h5-10H,3-4H2,1-2H3,(H,17,18,21). The summed E-state index contributed by atoms with van der Waals surface area (Å²) < 4.78 is 0.933. The lowest BCUT2D eigenvalue weighted by atomic mass is 10.2. The van der Waals surface area contributed by atoms with E-state index in [1.54, 1.807) is 18.2 Å². The molecular weight excluding hydrogens is 332 g/mol. The topological polar surface area (TPSA) is 58.1 Å². The number of nitrogens with one attached hydrogen (secondary N) is 1. The number of halogens is 1. The first-order valence-corrected chi connectivity index (χ1v) is 7.59. The lowest BCUT2D eigenvalue weighted by molar-refractivity contribution is 0.102. The summed E-state index contributed by atoms with van der Waals surface area (Å²) in [5, 5.41) is 10.9. The highest BCUT2D eigenvalue weighted by molar-refractivity contribution is 9.10. The summed E-state index contributed by atoms with van der Waals surface area (Å²) in [6.07, 6.45) is 0. The third-order valence-corrected chi connectivity index (χ3v) is 3.61. The fourth-order valence-electron chi connectivity index (χ4n) is 1.90. The van der Waals surface area contributed by atoms with Crippen LogP contribution in [0.4, 0.5) is 11.6 Å². The van der Waals surface area contributed by atoms with Crippen LogP contribution in [0.15, 0.2) is 40.9 Å². The van der Waals surface area contributed by atoms with E-state index >= 15 is 0 Å². The van der Waals surface area contributed by atoms with Gasteiger partial charge in [-0.2, -0.15) is 0 Å². The zero-order chi connectivity index (χ0) is 15.2. The van der Waals surface area contributed by atoms with Gasteiger partial charge in [0.2, 0.25) is 0 Å². The predicted molar refractivity (Wildman–Crippen MR) is 87.7 cm³/mol. The van der Waals surface area contributed by atoms with Crippen LogP contribution in [0.2, 0.25) is 0 Å². The molecule has 0 unspecified atom stereocenters. The Morgan fingerprint density at radius 1 is 1.10 bits per heavy atom. The van der Waals surface area contributed by atoms with E-state index in [-0.39, 0.29) is 5.91 Å². The summed E-state index contributed by atoms with van der Waals surface area (Å²) in [4.78, 5) is 14.1. The number of amides is 1. The SMILES string of the molecule is CCN(CC)c1ccc(NC(=O)c2ccc(Br)cc2)nn1. The molecule has 0 fully saturated rings. The number of carbonyl (C=O) groups excluding carboxylic acids is 1. The van der Waals surface area contributed by atoms with Crippen molar-refractivity contribution in [3.63, 3.8) is 0 Å². The van der Waals surface area contributed by atoms with Crippen LogP contribution in [0, 0.1) is 0 Å². The highest BCUT2D eigenvalue weighted by Crippen LogP contribution is 2.14. The number of hydrogen-bond donors (Lipinski definition) is 1. The minimum absolute atomic E-state index is 0.201. The summed E-state index contributed by atoms with van der Waals surface area (Å²) in [5.41, 5.74) is 0.577. The van der Waals surface area contributed by atoms with Gasteiger partial charge in [0.1, 0.15) is 0 Å². The number of rotatable bonds is 5. The molecule has 0 atom stereocenters. The van der Waals surface area contributed by atoms with Crippen molar-refractivity contribution in [2.45, 2.75) is 13.8 Å². The summed E-state index contributed by atoms with van der Waals surface area (Å²) in [6, 6.07) is 10.8. The van der Waals surface area contributed by atoms with Crippen molar-refractivity contribution in [1.29, 1.82) is 0 Å². The van der Waals surface area contributed by atoms with Gasteiger partial charge in [0, 0.05) is 23.1 Å². The van der Waals surface area contributed by atoms with Crippen molar-refractivity contribution < 1.29 is 4.79 Å². The third-order valence-electron chi connectivity index (χ3n) is 3.09. The number of benzene rings is 1. The molecule has 1 amide bonds. The normalized spacial score (nSPS) is 10.2. The van der Waals surface area contributed by atoms with Crippen LogP contribution in [0.3, 0.4) is 0 Å². The molecule has 0 radical (unpaired) electrons. The Bertz CT molecular complexity index is 594. The average molecular weight is 349 g/mol. The summed E-state index contributed by atoms with van der Waals surface area (Å²) in [7, 11) is 0. The molecule has 0 saturated heterocycles. The third kappa shape index (κ3) is 4.01. The molecular formula is C15H17BrN4O.